The molecular formula is C15H19ClF2N2O5. The summed E-state index contributed by atoms with van der Waals surface area (Å²) in [6, 6.07) is 4.13. The van der Waals surface area contributed by atoms with Crippen LogP contribution in [0, 0.1) is 0 Å². The summed E-state index contributed by atoms with van der Waals surface area (Å²) in [7, 11) is 0. The van der Waals surface area contributed by atoms with Gasteiger partial charge in [-0.3, -0.25) is 0 Å². The molecular weight excluding hydrogens is 362 g/mol. The van der Waals surface area contributed by atoms with Crippen molar-refractivity contribution in [3.05, 3.63) is 18.2 Å². The minimum Gasteiger partial charge on any atom is -0.473 e. The first-order valence-electron chi connectivity index (χ1n) is 7.18. The van der Waals surface area contributed by atoms with Gasteiger partial charge in [-0.2, -0.15) is 8.78 Å². The van der Waals surface area contributed by atoms with Gasteiger partial charge in [-0.25, -0.2) is 4.79 Å². The molecule has 0 atom stereocenters. The molecule has 0 aliphatic heterocycles. The van der Waals surface area contributed by atoms with Gasteiger partial charge in [0.2, 0.25) is 0 Å². The van der Waals surface area contributed by atoms with Crippen LogP contribution in [0.15, 0.2) is 22.7 Å². The molecule has 0 unspecified atom stereocenters. The molecule has 0 aliphatic carbocycles. The summed E-state index contributed by atoms with van der Waals surface area (Å²) in [5.41, 5.74) is -0.222. The SMILES string of the molecule is CC(C)(C)OC(=O)NCCOc1noc2ccc(OC(F)F)cc12.Cl. The Bertz CT molecular complexity index is 703. The Kier molecular flexibility index (Phi) is 7.22. The maximum absolute atomic E-state index is 12.2. The number of aromatic nitrogens is 1. The fourth-order valence-corrected chi connectivity index (χ4v) is 1.79. The molecule has 0 fully saturated rings. The maximum Gasteiger partial charge on any atom is 0.407 e. The lowest BCUT2D eigenvalue weighted by Gasteiger charge is -2.19. The lowest BCUT2D eigenvalue weighted by molar-refractivity contribution is -0.0497. The molecule has 25 heavy (non-hydrogen) atoms. The van der Waals surface area contributed by atoms with Crippen LogP contribution in [0.4, 0.5) is 13.6 Å². The van der Waals surface area contributed by atoms with E-state index in [9.17, 15) is 13.6 Å². The van der Waals surface area contributed by atoms with Gasteiger partial charge in [0.1, 0.15) is 18.0 Å². The van der Waals surface area contributed by atoms with E-state index in [-0.39, 0.29) is 37.2 Å². The molecule has 0 aliphatic rings. The fraction of sp³-hybridized carbons (Fsp3) is 0.467. The van der Waals surface area contributed by atoms with Gasteiger partial charge >= 0.3 is 12.7 Å². The average Bonchev–Trinajstić information content (AvgIpc) is 2.83. The summed E-state index contributed by atoms with van der Waals surface area (Å²) < 4.78 is 44.3. The lowest BCUT2D eigenvalue weighted by Crippen LogP contribution is -2.34. The van der Waals surface area contributed by atoms with Crippen LogP contribution in [0.3, 0.4) is 0 Å². The fourth-order valence-electron chi connectivity index (χ4n) is 1.79. The van der Waals surface area contributed by atoms with Crippen molar-refractivity contribution in [3.8, 4) is 11.6 Å². The van der Waals surface area contributed by atoms with Crippen LogP contribution >= 0.6 is 12.4 Å². The number of benzene rings is 1. The van der Waals surface area contributed by atoms with E-state index in [1.165, 1.54) is 18.2 Å². The first-order valence-corrected chi connectivity index (χ1v) is 7.18. The lowest BCUT2D eigenvalue weighted by atomic mass is 10.2. The Morgan fingerprint density at radius 3 is 2.72 bits per heavy atom. The predicted molar refractivity (Wildman–Crippen MR) is 87.6 cm³/mol. The Morgan fingerprint density at radius 1 is 1.36 bits per heavy atom. The van der Waals surface area contributed by atoms with E-state index in [1.807, 2.05) is 0 Å². The van der Waals surface area contributed by atoms with E-state index in [4.69, 9.17) is 14.0 Å². The van der Waals surface area contributed by atoms with E-state index >= 15 is 0 Å². The molecule has 7 nitrogen and oxygen atoms in total. The van der Waals surface area contributed by atoms with Crippen LogP contribution in [0.25, 0.3) is 11.0 Å². The standard InChI is InChI=1S/C15H18F2N2O5.ClH/c1-15(2,3)23-14(20)18-6-7-21-12-10-8-9(22-13(16)17)4-5-11(10)24-19-12;/h4-5,8,13H,6-7H2,1-3H3,(H,18,20);1H. The summed E-state index contributed by atoms with van der Waals surface area (Å²) in [5.74, 6) is 0.0909. The molecule has 140 valence electrons. The number of fused-ring (bicyclic) bond motifs is 1. The Morgan fingerprint density at radius 2 is 2.08 bits per heavy atom. The zero-order valence-electron chi connectivity index (χ0n) is 13.9. The Hall–Kier alpha value is -2.29. The van der Waals surface area contributed by atoms with Gasteiger partial charge < -0.3 is 24.1 Å². The molecule has 1 heterocycles. The number of alkyl halides is 2. The van der Waals surface area contributed by atoms with Gasteiger partial charge in [-0.05, 0) is 44.1 Å². The van der Waals surface area contributed by atoms with Crippen molar-refractivity contribution < 1.29 is 32.3 Å². The largest absolute Gasteiger partial charge is 0.473 e. The number of ether oxygens (including phenoxy) is 3. The number of nitrogens with one attached hydrogen (secondary N) is 1. The molecule has 10 heteroatoms. The zero-order valence-corrected chi connectivity index (χ0v) is 14.7. The van der Waals surface area contributed by atoms with Crippen molar-refractivity contribution in [1.82, 2.24) is 10.5 Å². The molecule has 1 amide bonds. The Labute approximate surface area is 149 Å². The van der Waals surface area contributed by atoms with Crippen LogP contribution < -0.4 is 14.8 Å². The van der Waals surface area contributed by atoms with Crippen molar-refractivity contribution in [2.75, 3.05) is 13.2 Å². The molecule has 1 N–H and O–H groups in total. The number of alkyl carbamates (subject to hydrolysis) is 1. The van der Waals surface area contributed by atoms with Gasteiger partial charge in [-0.15, -0.1) is 12.4 Å². The number of rotatable bonds is 6. The van der Waals surface area contributed by atoms with Crippen molar-refractivity contribution in [2.45, 2.75) is 33.0 Å². The normalized spacial score (nSPS) is 11.1. The second-order valence-corrected chi connectivity index (χ2v) is 5.80. The number of carbonyl (C=O) groups excluding carboxylic acids is 1. The highest BCUT2D eigenvalue weighted by Gasteiger charge is 2.16. The third kappa shape index (κ3) is 6.61. The van der Waals surface area contributed by atoms with Crippen molar-refractivity contribution in [3.63, 3.8) is 0 Å². The summed E-state index contributed by atoms with van der Waals surface area (Å²) in [6.07, 6.45) is -0.566. The average molecular weight is 381 g/mol. The monoisotopic (exact) mass is 380 g/mol. The van der Waals surface area contributed by atoms with E-state index in [1.54, 1.807) is 20.8 Å². The number of carbonyl (C=O) groups is 1. The highest BCUT2D eigenvalue weighted by molar-refractivity contribution is 5.85. The number of hydrogen-bond acceptors (Lipinski definition) is 6. The van der Waals surface area contributed by atoms with E-state index in [0.29, 0.717) is 11.0 Å². The molecule has 0 saturated carbocycles. The molecule has 0 saturated heterocycles. The predicted octanol–water partition coefficient (Wildman–Crippen LogP) is 3.75. The smallest absolute Gasteiger partial charge is 0.407 e. The quantitative estimate of drug-likeness (QED) is 0.768. The van der Waals surface area contributed by atoms with Gasteiger partial charge in [0, 0.05) is 0 Å². The molecule has 1 aromatic heterocycles. The molecule has 2 aromatic rings. The Balaban J connectivity index is 0.00000312. The molecule has 0 radical (unpaired) electrons. The highest BCUT2D eigenvalue weighted by Crippen LogP contribution is 2.29. The first kappa shape index (κ1) is 20.8. The topological polar surface area (TPSA) is 82.8 Å². The van der Waals surface area contributed by atoms with Crippen molar-refractivity contribution >= 4 is 29.5 Å². The third-order valence-corrected chi connectivity index (χ3v) is 2.64. The van der Waals surface area contributed by atoms with E-state index in [0.717, 1.165) is 0 Å². The summed E-state index contributed by atoms with van der Waals surface area (Å²) in [4.78, 5) is 11.5. The molecule has 0 bridgehead atoms. The molecule has 0 spiro atoms. The number of amides is 1. The third-order valence-electron chi connectivity index (χ3n) is 2.64. The van der Waals surface area contributed by atoms with Crippen molar-refractivity contribution in [2.24, 2.45) is 0 Å². The van der Waals surface area contributed by atoms with Crippen LogP contribution in [0.1, 0.15) is 20.8 Å². The summed E-state index contributed by atoms with van der Waals surface area (Å²) in [6.45, 7) is 2.61. The van der Waals surface area contributed by atoms with Crippen molar-refractivity contribution in [1.29, 1.82) is 0 Å². The highest BCUT2D eigenvalue weighted by atomic mass is 35.5. The molecule has 1 aromatic carbocycles. The van der Waals surface area contributed by atoms with Crippen LogP contribution in [-0.2, 0) is 4.74 Å². The first-order chi connectivity index (χ1) is 11.2. The maximum atomic E-state index is 12.2. The molecule has 2 rings (SSSR count). The second kappa shape index (κ2) is 8.70. The summed E-state index contributed by atoms with van der Waals surface area (Å²) >= 11 is 0. The second-order valence-electron chi connectivity index (χ2n) is 5.80. The van der Waals surface area contributed by atoms with Crippen LogP contribution in [0.2, 0.25) is 0 Å². The minimum atomic E-state index is -2.93. The summed E-state index contributed by atoms with van der Waals surface area (Å²) in [5, 5.41) is 6.62. The van der Waals surface area contributed by atoms with Crippen LogP contribution in [-0.4, -0.2) is 36.6 Å². The number of halogens is 3. The van der Waals surface area contributed by atoms with Crippen LogP contribution in [0.5, 0.6) is 11.6 Å². The van der Waals surface area contributed by atoms with Gasteiger partial charge in [0.15, 0.2) is 5.58 Å². The van der Waals surface area contributed by atoms with E-state index < -0.39 is 18.3 Å². The van der Waals surface area contributed by atoms with Gasteiger partial charge in [0.05, 0.1) is 11.9 Å². The number of hydrogen-bond donors (Lipinski definition) is 1. The van der Waals surface area contributed by atoms with Gasteiger partial charge in [-0.1, -0.05) is 0 Å². The number of nitrogens with zero attached hydrogens (tertiary/aromatic N) is 1. The minimum absolute atomic E-state index is 0. The van der Waals surface area contributed by atoms with Gasteiger partial charge in [0.25, 0.3) is 5.88 Å². The van der Waals surface area contributed by atoms with E-state index in [2.05, 4.69) is 15.2 Å². The zero-order chi connectivity index (χ0) is 17.7.